The Morgan fingerprint density at radius 3 is 2.78 bits per heavy atom. The smallest absolute Gasteiger partial charge is 0.108 e. The Morgan fingerprint density at radius 1 is 1.28 bits per heavy atom. The summed E-state index contributed by atoms with van der Waals surface area (Å²) in [5, 5.41) is 0. The van der Waals surface area contributed by atoms with Crippen LogP contribution >= 0.6 is 0 Å². The van der Waals surface area contributed by atoms with Crippen molar-refractivity contribution in [1.82, 2.24) is 9.55 Å². The minimum atomic E-state index is -0.929. The molecule has 0 N–H and O–H groups in total. The Kier molecular flexibility index (Phi) is 4.70. The lowest BCUT2D eigenvalue weighted by Gasteiger charge is -2.07. The third-order valence-corrected chi connectivity index (χ3v) is 4.15. The van der Waals surface area contributed by atoms with Crippen molar-refractivity contribution in [2.45, 2.75) is 31.2 Å². The number of aryl methyl sites for hydroxylation is 2. The van der Waals surface area contributed by atoms with Gasteiger partial charge >= 0.3 is 0 Å². The molecule has 96 valence electrons. The molecule has 0 bridgehead atoms. The largest absolute Gasteiger partial charge is 0.334 e. The molecule has 0 aliphatic carbocycles. The highest BCUT2D eigenvalue weighted by Gasteiger charge is 2.06. The van der Waals surface area contributed by atoms with Crippen LogP contribution in [0.25, 0.3) is 0 Å². The fourth-order valence-corrected chi connectivity index (χ4v) is 2.93. The second kappa shape index (κ2) is 6.50. The first-order valence-electron chi connectivity index (χ1n) is 6.24. The van der Waals surface area contributed by atoms with E-state index in [0.29, 0.717) is 5.75 Å². The van der Waals surface area contributed by atoms with Crippen molar-refractivity contribution in [3.63, 3.8) is 0 Å². The molecule has 0 saturated carbocycles. The van der Waals surface area contributed by atoms with Crippen molar-refractivity contribution in [2.75, 3.05) is 5.75 Å². The third kappa shape index (κ3) is 3.29. The number of aromatic nitrogens is 2. The SMILES string of the molecule is CCCc1nccn1CC[S@@](=O)c1ccccc1. The van der Waals surface area contributed by atoms with Gasteiger partial charge in [0.05, 0.1) is 10.8 Å². The minimum Gasteiger partial charge on any atom is -0.334 e. The van der Waals surface area contributed by atoms with Crippen LogP contribution in [0.2, 0.25) is 0 Å². The van der Waals surface area contributed by atoms with Crippen LogP contribution in [0.4, 0.5) is 0 Å². The fourth-order valence-electron chi connectivity index (χ4n) is 1.87. The molecule has 0 saturated heterocycles. The van der Waals surface area contributed by atoms with Crippen LogP contribution < -0.4 is 0 Å². The summed E-state index contributed by atoms with van der Waals surface area (Å²) in [5.41, 5.74) is 0. The van der Waals surface area contributed by atoms with E-state index in [9.17, 15) is 4.21 Å². The molecule has 1 heterocycles. The number of rotatable bonds is 6. The van der Waals surface area contributed by atoms with Crippen LogP contribution in [0, 0.1) is 0 Å². The molecular formula is C14H18N2OS. The summed E-state index contributed by atoms with van der Waals surface area (Å²) in [6.07, 6.45) is 5.84. The van der Waals surface area contributed by atoms with Crippen LogP contribution in [-0.2, 0) is 23.8 Å². The summed E-state index contributed by atoms with van der Waals surface area (Å²) in [4.78, 5) is 5.22. The van der Waals surface area contributed by atoms with Gasteiger partial charge in [-0.15, -0.1) is 0 Å². The van der Waals surface area contributed by atoms with Crippen molar-refractivity contribution < 1.29 is 4.21 Å². The zero-order valence-electron chi connectivity index (χ0n) is 10.6. The molecule has 0 spiro atoms. The Bertz CT molecular complexity index is 508. The maximum atomic E-state index is 12.1. The van der Waals surface area contributed by atoms with E-state index in [0.717, 1.165) is 30.1 Å². The molecule has 0 aliphatic heterocycles. The molecule has 1 aromatic heterocycles. The number of hydrogen-bond acceptors (Lipinski definition) is 2. The Balaban J connectivity index is 1.95. The van der Waals surface area contributed by atoms with Crippen LogP contribution in [0.15, 0.2) is 47.6 Å². The predicted molar refractivity (Wildman–Crippen MR) is 73.9 cm³/mol. The summed E-state index contributed by atoms with van der Waals surface area (Å²) < 4.78 is 14.2. The van der Waals surface area contributed by atoms with Crippen LogP contribution in [-0.4, -0.2) is 19.5 Å². The number of nitrogens with zero attached hydrogens (tertiary/aromatic N) is 2. The van der Waals surface area contributed by atoms with Crippen LogP contribution in [0.5, 0.6) is 0 Å². The molecule has 4 heteroatoms. The molecule has 0 amide bonds. The van der Waals surface area contributed by atoms with Crippen LogP contribution in [0.3, 0.4) is 0 Å². The van der Waals surface area contributed by atoms with E-state index in [1.54, 1.807) is 0 Å². The standard InChI is InChI=1S/C14H18N2OS/c1-2-6-14-15-9-10-16(14)11-12-18(17)13-7-4-3-5-8-13/h3-5,7-10H,2,6,11-12H2,1H3/t18-/m1/s1. The average Bonchev–Trinajstić information content (AvgIpc) is 2.85. The highest BCUT2D eigenvalue weighted by atomic mass is 32.2. The second-order valence-corrected chi connectivity index (χ2v) is 5.72. The lowest BCUT2D eigenvalue weighted by molar-refractivity contribution is 0.659. The van der Waals surface area contributed by atoms with Gasteiger partial charge in [0.15, 0.2) is 0 Å². The van der Waals surface area contributed by atoms with E-state index in [1.165, 1.54) is 0 Å². The maximum absolute atomic E-state index is 12.1. The topological polar surface area (TPSA) is 34.9 Å². The van der Waals surface area contributed by atoms with Gasteiger partial charge in [-0.3, -0.25) is 4.21 Å². The van der Waals surface area contributed by atoms with E-state index in [4.69, 9.17) is 0 Å². The van der Waals surface area contributed by atoms with Crippen molar-refractivity contribution in [2.24, 2.45) is 0 Å². The maximum Gasteiger partial charge on any atom is 0.108 e. The number of benzene rings is 1. The predicted octanol–water partition coefficient (Wildman–Crippen LogP) is 2.64. The highest BCUT2D eigenvalue weighted by Crippen LogP contribution is 2.07. The van der Waals surface area contributed by atoms with Gasteiger partial charge in [-0.25, -0.2) is 4.98 Å². The lowest BCUT2D eigenvalue weighted by Crippen LogP contribution is -2.10. The quantitative estimate of drug-likeness (QED) is 0.802. The summed E-state index contributed by atoms with van der Waals surface area (Å²) in [6.45, 7) is 2.90. The molecule has 2 rings (SSSR count). The molecule has 1 aromatic carbocycles. The Labute approximate surface area is 110 Å². The van der Waals surface area contributed by atoms with Gasteiger partial charge in [-0.2, -0.15) is 0 Å². The zero-order valence-corrected chi connectivity index (χ0v) is 11.4. The monoisotopic (exact) mass is 262 g/mol. The molecule has 1 atom stereocenters. The molecule has 2 aromatic rings. The van der Waals surface area contributed by atoms with E-state index in [2.05, 4.69) is 16.5 Å². The summed E-state index contributed by atoms with van der Waals surface area (Å²) in [5.74, 6) is 1.72. The number of hydrogen-bond donors (Lipinski definition) is 0. The van der Waals surface area contributed by atoms with Gasteiger partial charge in [-0.1, -0.05) is 25.1 Å². The van der Waals surface area contributed by atoms with Gasteiger partial charge in [0.2, 0.25) is 0 Å². The highest BCUT2D eigenvalue weighted by molar-refractivity contribution is 7.85. The van der Waals surface area contributed by atoms with Crippen molar-refractivity contribution >= 4 is 10.8 Å². The van der Waals surface area contributed by atoms with Crippen LogP contribution in [0.1, 0.15) is 19.2 Å². The fraction of sp³-hybridized carbons (Fsp3) is 0.357. The van der Waals surface area contributed by atoms with Gasteiger partial charge < -0.3 is 4.57 Å². The first kappa shape index (κ1) is 13.0. The van der Waals surface area contributed by atoms with Crippen molar-refractivity contribution in [3.05, 3.63) is 48.5 Å². The molecule has 0 radical (unpaired) electrons. The van der Waals surface area contributed by atoms with Gasteiger partial charge in [0.1, 0.15) is 5.82 Å². The van der Waals surface area contributed by atoms with E-state index < -0.39 is 10.8 Å². The zero-order chi connectivity index (χ0) is 12.8. The molecule has 18 heavy (non-hydrogen) atoms. The summed E-state index contributed by atoms with van der Waals surface area (Å²) in [7, 11) is -0.929. The molecule has 3 nitrogen and oxygen atoms in total. The first-order valence-corrected chi connectivity index (χ1v) is 7.56. The van der Waals surface area contributed by atoms with E-state index in [-0.39, 0.29) is 0 Å². The minimum absolute atomic E-state index is 0.636. The van der Waals surface area contributed by atoms with Gasteiger partial charge in [0.25, 0.3) is 0 Å². The molecular weight excluding hydrogens is 244 g/mol. The lowest BCUT2D eigenvalue weighted by atomic mass is 10.3. The Hall–Kier alpha value is -1.42. The number of imidazole rings is 1. The first-order chi connectivity index (χ1) is 8.81. The molecule has 0 aliphatic rings. The van der Waals surface area contributed by atoms with E-state index >= 15 is 0 Å². The second-order valence-electron chi connectivity index (χ2n) is 4.15. The van der Waals surface area contributed by atoms with Gasteiger partial charge in [0, 0.05) is 36.0 Å². The average molecular weight is 262 g/mol. The van der Waals surface area contributed by atoms with E-state index in [1.807, 2.05) is 42.7 Å². The molecule has 0 fully saturated rings. The molecule has 0 unspecified atom stereocenters. The summed E-state index contributed by atoms with van der Waals surface area (Å²) in [6, 6.07) is 9.61. The normalized spacial score (nSPS) is 12.5. The summed E-state index contributed by atoms with van der Waals surface area (Å²) >= 11 is 0. The van der Waals surface area contributed by atoms with Gasteiger partial charge in [-0.05, 0) is 18.6 Å². The van der Waals surface area contributed by atoms with Crippen molar-refractivity contribution in [1.29, 1.82) is 0 Å². The Morgan fingerprint density at radius 2 is 2.06 bits per heavy atom. The third-order valence-electron chi connectivity index (χ3n) is 2.80. The van der Waals surface area contributed by atoms with Crippen molar-refractivity contribution in [3.8, 4) is 0 Å².